The van der Waals surface area contributed by atoms with Crippen molar-refractivity contribution in [2.75, 3.05) is 62.2 Å². The first-order chi connectivity index (χ1) is 26.7. The Balaban J connectivity index is 0.788. The van der Waals surface area contributed by atoms with Crippen molar-refractivity contribution in [2.45, 2.75) is 56.7 Å². The molecule has 3 aromatic carbocycles. The van der Waals surface area contributed by atoms with Crippen LogP contribution in [-0.2, 0) is 9.59 Å². The standard InChI is InChI=1S/C41H42ClN7O6/c1-43-35-9-7-31(25-34(35)42)55-30-14-18-48(19-15-30)39(52)26-2-4-27(5-3-26)45-16-12-28(13-17-45)46-20-22-47(23-21-46)29-6-8-32-33(24-29)41(54)49(40(32)53)36-10-11-37(50)44-38(36)51/h2-9,24-25,28,30,36H,10-23H2,(H,44,50,51). The van der Waals surface area contributed by atoms with Crippen LogP contribution < -0.4 is 19.9 Å². The minimum atomic E-state index is -0.974. The van der Waals surface area contributed by atoms with Crippen molar-refractivity contribution in [2.24, 2.45) is 0 Å². The van der Waals surface area contributed by atoms with E-state index in [2.05, 4.69) is 37.0 Å². The fraction of sp³-hybridized carbons (Fsp3) is 0.415. The molecule has 8 rings (SSSR count). The number of carbonyl (C=O) groups is 5. The first-order valence-corrected chi connectivity index (χ1v) is 19.4. The topological polar surface area (TPSA) is 127 Å². The molecule has 5 amide bonds. The molecule has 0 radical (unpaired) electrons. The normalized spacial score (nSPS) is 21.4. The summed E-state index contributed by atoms with van der Waals surface area (Å²) in [7, 11) is 0. The summed E-state index contributed by atoms with van der Waals surface area (Å²) < 4.78 is 6.09. The lowest BCUT2D eigenvalue weighted by molar-refractivity contribution is -0.136. The Morgan fingerprint density at radius 1 is 0.745 bits per heavy atom. The van der Waals surface area contributed by atoms with Crippen LogP contribution in [-0.4, -0.2) is 115 Å². The van der Waals surface area contributed by atoms with Crippen LogP contribution in [0.15, 0.2) is 60.7 Å². The summed E-state index contributed by atoms with van der Waals surface area (Å²) in [6.45, 7) is 13.6. The molecule has 5 aliphatic rings. The van der Waals surface area contributed by atoms with Crippen LogP contribution in [0.25, 0.3) is 4.85 Å². The van der Waals surface area contributed by atoms with Crippen molar-refractivity contribution in [3.63, 3.8) is 0 Å². The quantitative estimate of drug-likeness (QED) is 0.268. The second-order valence-corrected chi connectivity index (χ2v) is 15.2. The van der Waals surface area contributed by atoms with E-state index in [9.17, 15) is 24.0 Å². The van der Waals surface area contributed by atoms with Gasteiger partial charge in [0.1, 0.15) is 17.9 Å². The molecule has 0 bridgehead atoms. The van der Waals surface area contributed by atoms with Gasteiger partial charge in [-0.1, -0.05) is 17.7 Å². The summed E-state index contributed by atoms with van der Waals surface area (Å²) in [5.41, 5.74) is 3.68. The molecule has 0 spiro atoms. The molecule has 1 unspecified atom stereocenters. The Morgan fingerprint density at radius 2 is 1.42 bits per heavy atom. The Kier molecular flexibility index (Phi) is 10.2. The van der Waals surface area contributed by atoms with Crippen LogP contribution in [0, 0.1) is 6.57 Å². The molecule has 4 fully saturated rings. The number of amides is 5. The second kappa shape index (κ2) is 15.4. The number of rotatable bonds is 7. The third-order valence-corrected chi connectivity index (χ3v) is 11.9. The minimum absolute atomic E-state index is 0.0144. The molecule has 3 aromatic rings. The molecular weight excluding hydrogens is 722 g/mol. The average Bonchev–Trinajstić information content (AvgIpc) is 3.46. The molecule has 4 saturated heterocycles. The SMILES string of the molecule is [C-]#[N+]c1ccc(OC2CCN(C(=O)c3ccc(N4CCC(N5CCN(c6ccc7c(c6)C(=O)N(C6CCC(=O)NC6=O)C7=O)CC5)CC4)cc3)CC2)cc1Cl. The number of likely N-dealkylation sites (tertiary alicyclic amines) is 1. The maximum absolute atomic E-state index is 13.3. The molecule has 0 aromatic heterocycles. The largest absolute Gasteiger partial charge is 0.490 e. The number of halogens is 1. The highest BCUT2D eigenvalue weighted by molar-refractivity contribution is 6.33. The molecule has 5 heterocycles. The number of hydrogen-bond donors (Lipinski definition) is 1. The van der Waals surface area contributed by atoms with Gasteiger partial charge in [-0.05, 0) is 73.9 Å². The second-order valence-electron chi connectivity index (χ2n) is 14.8. The molecule has 13 nitrogen and oxygen atoms in total. The highest BCUT2D eigenvalue weighted by atomic mass is 35.5. The Labute approximate surface area is 324 Å². The van der Waals surface area contributed by atoms with Crippen LogP contribution in [0.4, 0.5) is 17.1 Å². The van der Waals surface area contributed by atoms with Gasteiger partial charge >= 0.3 is 0 Å². The van der Waals surface area contributed by atoms with Gasteiger partial charge in [-0.25, -0.2) is 4.85 Å². The zero-order valence-electron chi connectivity index (χ0n) is 30.4. The average molecular weight is 764 g/mol. The summed E-state index contributed by atoms with van der Waals surface area (Å²) in [6.07, 6.45) is 3.74. The van der Waals surface area contributed by atoms with Gasteiger partial charge in [-0.3, -0.25) is 39.1 Å². The van der Waals surface area contributed by atoms with Crippen molar-refractivity contribution in [3.8, 4) is 5.75 Å². The maximum Gasteiger partial charge on any atom is 0.262 e. The van der Waals surface area contributed by atoms with Crippen LogP contribution in [0.1, 0.15) is 69.6 Å². The van der Waals surface area contributed by atoms with Gasteiger partial charge in [0, 0.05) is 94.6 Å². The summed E-state index contributed by atoms with van der Waals surface area (Å²) in [4.78, 5) is 77.3. The zero-order valence-corrected chi connectivity index (χ0v) is 31.2. The third-order valence-electron chi connectivity index (χ3n) is 11.6. The predicted octanol–water partition coefficient (Wildman–Crippen LogP) is 4.77. The highest BCUT2D eigenvalue weighted by Gasteiger charge is 2.45. The molecular formula is C41H42ClN7O6. The maximum atomic E-state index is 13.3. The van der Waals surface area contributed by atoms with Gasteiger partial charge in [0.25, 0.3) is 17.7 Å². The molecule has 55 heavy (non-hydrogen) atoms. The van der Waals surface area contributed by atoms with Gasteiger partial charge in [0.2, 0.25) is 17.5 Å². The van der Waals surface area contributed by atoms with Gasteiger partial charge in [-0.15, -0.1) is 0 Å². The zero-order chi connectivity index (χ0) is 38.2. The lowest BCUT2D eigenvalue weighted by atomic mass is 10.0. The minimum Gasteiger partial charge on any atom is -0.490 e. The van der Waals surface area contributed by atoms with E-state index in [0.29, 0.717) is 52.3 Å². The Bertz CT molecular complexity index is 2060. The summed E-state index contributed by atoms with van der Waals surface area (Å²) >= 11 is 6.16. The van der Waals surface area contributed by atoms with E-state index in [4.69, 9.17) is 22.9 Å². The van der Waals surface area contributed by atoms with Gasteiger partial charge < -0.3 is 19.4 Å². The molecule has 1 N–H and O–H groups in total. The molecule has 5 aliphatic heterocycles. The summed E-state index contributed by atoms with van der Waals surface area (Å²) in [5.74, 6) is -1.31. The first kappa shape index (κ1) is 36.5. The number of nitrogens with zero attached hydrogens (tertiary/aromatic N) is 6. The van der Waals surface area contributed by atoms with E-state index in [1.807, 2.05) is 23.1 Å². The summed E-state index contributed by atoms with van der Waals surface area (Å²) in [5, 5.41) is 2.62. The van der Waals surface area contributed by atoms with Crippen LogP contribution >= 0.6 is 11.6 Å². The highest BCUT2D eigenvalue weighted by Crippen LogP contribution is 2.33. The van der Waals surface area contributed by atoms with E-state index in [-0.39, 0.29) is 24.9 Å². The number of piperidine rings is 3. The number of fused-ring (bicyclic) bond motifs is 1. The Morgan fingerprint density at radius 3 is 2.09 bits per heavy atom. The monoisotopic (exact) mass is 763 g/mol. The molecule has 14 heteroatoms. The van der Waals surface area contributed by atoms with E-state index < -0.39 is 29.7 Å². The first-order valence-electron chi connectivity index (χ1n) is 19.0. The van der Waals surface area contributed by atoms with Crippen LogP contribution in [0.5, 0.6) is 5.75 Å². The number of imide groups is 2. The van der Waals surface area contributed by atoms with Gasteiger partial charge in [0.15, 0.2) is 0 Å². The number of nitrogens with one attached hydrogen (secondary N) is 1. The predicted molar refractivity (Wildman–Crippen MR) is 206 cm³/mol. The van der Waals surface area contributed by atoms with Crippen molar-refractivity contribution in [1.82, 2.24) is 20.0 Å². The van der Waals surface area contributed by atoms with Crippen molar-refractivity contribution >= 4 is 58.2 Å². The summed E-state index contributed by atoms with van der Waals surface area (Å²) in [6, 6.07) is 17.9. The fourth-order valence-electron chi connectivity index (χ4n) is 8.51. The molecule has 0 saturated carbocycles. The van der Waals surface area contributed by atoms with Crippen LogP contribution in [0.2, 0.25) is 5.02 Å². The number of ether oxygens (including phenoxy) is 1. The smallest absolute Gasteiger partial charge is 0.262 e. The number of anilines is 2. The number of carbonyl (C=O) groups excluding carboxylic acids is 5. The lowest BCUT2D eigenvalue weighted by Gasteiger charge is -2.44. The van der Waals surface area contributed by atoms with Crippen molar-refractivity contribution < 1.29 is 28.7 Å². The van der Waals surface area contributed by atoms with E-state index in [1.54, 1.807) is 30.3 Å². The third kappa shape index (κ3) is 7.36. The molecule has 1 atom stereocenters. The van der Waals surface area contributed by atoms with E-state index in [1.165, 1.54) is 0 Å². The van der Waals surface area contributed by atoms with Crippen LogP contribution in [0.3, 0.4) is 0 Å². The number of benzene rings is 3. The number of piperazine rings is 1. The Hall–Kier alpha value is -5.45. The lowest BCUT2D eigenvalue weighted by Crippen LogP contribution is -2.54. The van der Waals surface area contributed by atoms with Crippen molar-refractivity contribution in [1.29, 1.82) is 0 Å². The fourth-order valence-corrected chi connectivity index (χ4v) is 8.72. The molecule has 284 valence electrons. The number of hydrogen-bond acceptors (Lipinski definition) is 9. The van der Waals surface area contributed by atoms with Crippen molar-refractivity contribution in [3.05, 3.63) is 93.8 Å². The van der Waals surface area contributed by atoms with Gasteiger partial charge in [-0.2, -0.15) is 0 Å². The van der Waals surface area contributed by atoms with Gasteiger partial charge in [0.05, 0.1) is 22.7 Å². The van der Waals surface area contributed by atoms with E-state index in [0.717, 1.165) is 81.2 Å². The van der Waals surface area contributed by atoms with E-state index >= 15 is 0 Å². The molecule has 0 aliphatic carbocycles.